The number of rotatable bonds is 0. The fraction of sp³-hybridized carbons (Fsp3) is 0.833. The third kappa shape index (κ3) is 1.34. The van der Waals surface area contributed by atoms with E-state index in [1.165, 1.54) is 31.3 Å². The standard InChI is InChI=1S/C12H20O/c1-9-6-7-12(8-9)10(2)4-3-5-11(12)13/h8,10-11,13H,3-7H2,1-2H3. The highest BCUT2D eigenvalue weighted by Gasteiger charge is 2.45. The molecule has 0 radical (unpaired) electrons. The summed E-state index contributed by atoms with van der Waals surface area (Å²) in [6.45, 7) is 4.50. The van der Waals surface area contributed by atoms with Crippen molar-refractivity contribution in [3.63, 3.8) is 0 Å². The van der Waals surface area contributed by atoms with Crippen molar-refractivity contribution in [2.75, 3.05) is 0 Å². The smallest absolute Gasteiger partial charge is 0.0633 e. The molecule has 0 aromatic heterocycles. The molecule has 1 fully saturated rings. The molecule has 3 atom stereocenters. The molecule has 2 aliphatic carbocycles. The number of aliphatic hydroxyl groups is 1. The van der Waals surface area contributed by atoms with Gasteiger partial charge in [-0.3, -0.25) is 0 Å². The van der Waals surface area contributed by atoms with E-state index in [2.05, 4.69) is 19.9 Å². The van der Waals surface area contributed by atoms with Crippen LogP contribution in [0.3, 0.4) is 0 Å². The summed E-state index contributed by atoms with van der Waals surface area (Å²) in [6.07, 6.45) is 8.17. The highest BCUT2D eigenvalue weighted by Crippen LogP contribution is 2.50. The average Bonchev–Trinajstić information content (AvgIpc) is 2.46. The third-order valence-corrected chi connectivity index (χ3v) is 4.12. The molecular formula is C12H20O. The quantitative estimate of drug-likeness (QED) is 0.568. The Balaban J connectivity index is 2.27. The molecule has 1 spiro atoms. The van der Waals surface area contributed by atoms with Gasteiger partial charge in [-0.25, -0.2) is 0 Å². The zero-order chi connectivity index (χ0) is 9.47. The van der Waals surface area contributed by atoms with Gasteiger partial charge in [0.25, 0.3) is 0 Å². The van der Waals surface area contributed by atoms with E-state index in [1.54, 1.807) is 0 Å². The molecule has 0 aromatic rings. The van der Waals surface area contributed by atoms with Gasteiger partial charge in [-0.2, -0.15) is 0 Å². The Bertz CT molecular complexity index is 219. The summed E-state index contributed by atoms with van der Waals surface area (Å²) in [5.74, 6) is 0.675. The summed E-state index contributed by atoms with van der Waals surface area (Å²) >= 11 is 0. The van der Waals surface area contributed by atoms with Crippen molar-refractivity contribution in [2.24, 2.45) is 11.3 Å². The Morgan fingerprint density at radius 3 is 2.77 bits per heavy atom. The van der Waals surface area contributed by atoms with Crippen LogP contribution in [0.25, 0.3) is 0 Å². The van der Waals surface area contributed by atoms with Gasteiger partial charge >= 0.3 is 0 Å². The van der Waals surface area contributed by atoms with Crippen molar-refractivity contribution >= 4 is 0 Å². The molecular weight excluding hydrogens is 160 g/mol. The summed E-state index contributed by atoms with van der Waals surface area (Å²) in [4.78, 5) is 0. The molecule has 2 rings (SSSR count). The first kappa shape index (κ1) is 9.26. The molecule has 1 nitrogen and oxygen atoms in total. The first-order chi connectivity index (χ1) is 6.15. The summed E-state index contributed by atoms with van der Waals surface area (Å²) in [7, 11) is 0. The lowest BCUT2D eigenvalue weighted by atomic mass is 9.65. The van der Waals surface area contributed by atoms with Gasteiger partial charge in [0.15, 0.2) is 0 Å². The molecule has 0 aliphatic heterocycles. The van der Waals surface area contributed by atoms with Gasteiger partial charge in [0, 0.05) is 5.41 Å². The van der Waals surface area contributed by atoms with Crippen LogP contribution in [0.1, 0.15) is 46.0 Å². The van der Waals surface area contributed by atoms with Gasteiger partial charge in [0.1, 0.15) is 0 Å². The minimum absolute atomic E-state index is 0.0753. The van der Waals surface area contributed by atoms with Crippen LogP contribution >= 0.6 is 0 Å². The van der Waals surface area contributed by atoms with Gasteiger partial charge in [-0.1, -0.05) is 25.0 Å². The lowest BCUT2D eigenvalue weighted by Gasteiger charge is -2.42. The molecule has 0 amide bonds. The van der Waals surface area contributed by atoms with Crippen molar-refractivity contribution in [1.29, 1.82) is 0 Å². The highest BCUT2D eigenvalue weighted by atomic mass is 16.3. The second kappa shape index (κ2) is 3.13. The second-order valence-corrected chi connectivity index (χ2v) is 4.95. The van der Waals surface area contributed by atoms with Crippen molar-refractivity contribution < 1.29 is 5.11 Å². The van der Waals surface area contributed by atoms with Gasteiger partial charge < -0.3 is 5.11 Å². The maximum absolute atomic E-state index is 10.1. The van der Waals surface area contributed by atoms with Crippen LogP contribution in [-0.4, -0.2) is 11.2 Å². The maximum Gasteiger partial charge on any atom is 0.0633 e. The minimum Gasteiger partial charge on any atom is -0.392 e. The molecule has 13 heavy (non-hydrogen) atoms. The van der Waals surface area contributed by atoms with Crippen LogP contribution in [0, 0.1) is 11.3 Å². The fourth-order valence-corrected chi connectivity index (χ4v) is 3.15. The van der Waals surface area contributed by atoms with Crippen molar-refractivity contribution in [3.8, 4) is 0 Å². The number of hydrogen-bond acceptors (Lipinski definition) is 1. The Labute approximate surface area is 80.8 Å². The molecule has 1 heteroatoms. The van der Waals surface area contributed by atoms with Gasteiger partial charge in [-0.15, -0.1) is 0 Å². The lowest BCUT2D eigenvalue weighted by Crippen LogP contribution is -2.41. The Morgan fingerprint density at radius 1 is 1.46 bits per heavy atom. The lowest BCUT2D eigenvalue weighted by molar-refractivity contribution is -0.0147. The molecule has 0 heterocycles. The van der Waals surface area contributed by atoms with Crippen LogP contribution in [0.2, 0.25) is 0 Å². The molecule has 1 saturated carbocycles. The molecule has 0 aromatic carbocycles. The van der Waals surface area contributed by atoms with E-state index in [1.807, 2.05) is 0 Å². The summed E-state index contributed by atoms with van der Waals surface area (Å²) in [6, 6.07) is 0. The van der Waals surface area contributed by atoms with E-state index >= 15 is 0 Å². The van der Waals surface area contributed by atoms with Crippen LogP contribution < -0.4 is 0 Å². The molecule has 0 bridgehead atoms. The van der Waals surface area contributed by atoms with Crippen molar-refractivity contribution in [1.82, 2.24) is 0 Å². The van der Waals surface area contributed by atoms with Crippen LogP contribution in [0.15, 0.2) is 11.6 Å². The predicted molar refractivity (Wildman–Crippen MR) is 54.4 cm³/mol. The first-order valence-electron chi connectivity index (χ1n) is 5.51. The summed E-state index contributed by atoms with van der Waals surface area (Å²) in [5, 5.41) is 10.1. The minimum atomic E-state index is -0.0753. The zero-order valence-corrected chi connectivity index (χ0v) is 8.71. The third-order valence-electron chi connectivity index (χ3n) is 4.12. The molecule has 2 aliphatic rings. The predicted octanol–water partition coefficient (Wildman–Crippen LogP) is 2.89. The van der Waals surface area contributed by atoms with E-state index in [0.717, 1.165) is 6.42 Å². The normalized spacial score (nSPS) is 45.3. The Kier molecular flexibility index (Phi) is 2.23. The summed E-state index contributed by atoms with van der Waals surface area (Å²) in [5.41, 5.74) is 1.63. The molecule has 0 saturated heterocycles. The van der Waals surface area contributed by atoms with E-state index in [4.69, 9.17) is 0 Å². The van der Waals surface area contributed by atoms with Crippen molar-refractivity contribution in [3.05, 3.63) is 11.6 Å². The Morgan fingerprint density at radius 2 is 2.23 bits per heavy atom. The van der Waals surface area contributed by atoms with Crippen LogP contribution in [0.5, 0.6) is 0 Å². The molecule has 3 unspecified atom stereocenters. The van der Waals surface area contributed by atoms with E-state index in [9.17, 15) is 5.11 Å². The topological polar surface area (TPSA) is 20.2 Å². The van der Waals surface area contributed by atoms with Crippen LogP contribution in [-0.2, 0) is 0 Å². The van der Waals surface area contributed by atoms with E-state index in [-0.39, 0.29) is 11.5 Å². The van der Waals surface area contributed by atoms with Gasteiger partial charge in [0.2, 0.25) is 0 Å². The van der Waals surface area contributed by atoms with E-state index < -0.39 is 0 Å². The number of aliphatic hydroxyl groups excluding tert-OH is 1. The van der Waals surface area contributed by atoms with Crippen molar-refractivity contribution in [2.45, 2.75) is 52.1 Å². The average molecular weight is 180 g/mol. The second-order valence-electron chi connectivity index (χ2n) is 4.95. The fourth-order valence-electron chi connectivity index (χ4n) is 3.15. The summed E-state index contributed by atoms with van der Waals surface area (Å²) < 4.78 is 0. The first-order valence-corrected chi connectivity index (χ1v) is 5.51. The monoisotopic (exact) mass is 180 g/mol. The highest BCUT2D eigenvalue weighted by molar-refractivity contribution is 5.19. The van der Waals surface area contributed by atoms with Gasteiger partial charge in [0.05, 0.1) is 6.10 Å². The van der Waals surface area contributed by atoms with Gasteiger partial charge in [-0.05, 0) is 38.5 Å². The Hall–Kier alpha value is -0.300. The maximum atomic E-state index is 10.1. The zero-order valence-electron chi connectivity index (χ0n) is 8.71. The largest absolute Gasteiger partial charge is 0.392 e. The SMILES string of the molecule is CC1=CC2(CC1)C(C)CCCC2O. The van der Waals surface area contributed by atoms with E-state index in [0.29, 0.717) is 5.92 Å². The van der Waals surface area contributed by atoms with Crippen LogP contribution in [0.4, 0.5) is 0 Å². The number of allylic oxidation sites excluding steroid dienone is 1. The molecule has 74 valence electrons. The number of hydrogen-bond donors (Lipinski definition) is 1. The molecule has 1 N–H and O–H groups in total.